The molecule has 1 aromatic carbocycles. The maximum atomic E-state index is 12.1. The molecule has 1 amide bonds. The highest BCUT2D eigenvalue weighted by Crippen LogP contribution is 2.22. The van der Waals surface area contributed by atoms with Gasteiger partial charge in [-0.25, -0.2) is 0 Å². The van der Waals surface area contributed by atoms with Crippen LogP contribution in [0.5, 0.6) is 0 Å². The lowest BCUT2D eigenvalue weighted by Crippen LogP contribution is -2.14. The average Bonchev–Trinajstić information content (AvgIpc) is 2.76. The molecule has 2 rings (SSSR count). The van der Waals surface area contributed by atoms with Crippen LogP contribution in [-0.4, -0.2) is 20.6 Å². The second-order valence-electron chi connectivity index (χ2n) is 5.61. The van der Waals surface area contributed by atoms with Crippen molar-refractivity contribution in [2.75, 3.05) is 5.32 Å². The zero-order valence-corrected chi connectivity index (χ0v) is 16.0. The number of nitrogens with one attached hydrogen (secondary N) is 1. The number of aryl methyl sites for hydroxylation is 3. The minimum atomic E-state index is -0.416. The van der Waals surface area contributed by atoms with Crippen LogP contribution in [0.25, 0.3) is 0 Å². The molecule has 1 N–H and O–H groups in total. The molecular formula is C16H19IN4O3. The van der Waals surface area contributed by atoms with Crippen LogP contribution in [0.2, 0.25) is 0 Å². The predicted octanol–water partition coefficient (Wildman–Crippen LogP) is 3.74. The van der Waals surface area contributed by atoms with Gasteiger partial charge in [0, 0.05) is 22.2 Å². The molecule has 0 spiro atoms. The maximum absolute atomic E-state index is 12.1. The summed E-state index contributed by atoms with van der Waals surface area (Å²) in [7, 11) is 0. The number of aromatic nitrogens is 2. The number of amides is 1. The summed E-state index contributed by atoms with van der Waals surface area (Å²) >= 11 is 2.23. The van der Waals surface area contributed by atoms with Crippen molar-refractivity contribution in [3.8, 4) is 0 Å². The Hall–Kier alpha value is -1.97. The molecule has 1 heterocycles. The molecule has 24 heavy (non-hydrogen) atoms. The van der Waals surface area contributed by atoms with Crippen molar-refractivity contribution in [1.29, 1.82) is 0 Å². The molecule has 0 aliphatic carbocycles. The molecule has 128 valence electrons. The lowest BCUT2D eigenvalue weighted by atomic mass is 10.2. The van der Waals surface area contributed by atoms with Crippen molar-refractivity contribution in [2.24, 2.45) is 0 Å². The summed E-state index contributed by atoms with van der Waals surface area (Å²) in [6.45, 7) is 5.72. The van der Waals surface area contributed by atoms with E-state index in [1.165, 1.54) is 0 Å². The number of anilines is 1. The highest BCUT2D eigenvalue weighted by atomic mass is 127. The highest BCUT2D eigenvalue weighted by Gasteiger charge is 2.21. The van der Waals surface area contributed by atoms with E-state index in [9.17, 15) is 14.9 Å². The maximum Gasteiger partial charge on any atom is 0.312 e. The van der Waals surface area contributed by atoms with Crippen LogP contribution in [-0.2, 0) is 11.3 Å². The Balaban J connectivity index is 1.91. The number of hydrogen-bond donors (Lipinski definition) is 1. The van der Waals surface area contributed by atoms with Gasteiger partial charge in [0.1, 0.15) is 11.4 Å². The van der Waals surface area contributed by atoms with E-state index in [-0.39, 0.29) is 11.6 Å². The van der Waals surface area contributed by atoms with Crippen molar-refractivity contribution >= 4 is 39.9 Å². The summed E-state index contributed by atoms with van der Waals surface area (Å²) in [5, 5.41) is 18.1. The van der Waals surface area contributed by atoms with Gasteiger partial charge in [0.2, 0.25) is 5.91 Å². The Bertz CT molecular complexity index is 786. The Morgan fingerprint density at radius 1 is 1.38 bits per heavy atom. The fraction of sp³-hybridized carbons (Fsp3) is 0.375. The predicted molar refractivity (Wildman–Crippen MR) is 100 cm³/mol. The molecule has 0 fully saturated rings. The summed E-state index contributed by atoms with van der Waals surface area (Å²) in [6.07, 6.45) is 0.895. The lowest BCUT2D eigenvalue weighted by Gasteiger charge is -2.09. The third kappa shape index (κ3) is 4.31. The largest absolute Gasteiger partial charge is 0.326 e. The fourth-order valence-corrected chi connectivity index (χ4v) is 3.19. The van der Waals surface area contributed by atoms with Gasteiger partial charge in [-0.2, -0.15) is 5.10 Å². The number of nitrogens with zero attached hydrogens (tertiary/aromatic N) is 3. The van der Waals surface area contributed by atoms with Crippen LogP contribution in [0.4, 0.5) is 11.4 Å². The van der Waals surface area contributed by atoms with Gasteiger partial charge in [-0.1, -0.05) is 0 Å². The summed E-state index contributed by atoms with van der Waals surface area (Å²) in [5.41, 5.74) is 2.79. The monoisotopic (exact) mass is 442 g/mol. The van der Waals surface area contributed by atoms with Gasteiger partial charge in [0.25, 0.3) is 0 Å². The number of carbonyl (C=O) groups excluding carboxylic acids is 1. The molecular weight excluding hydrogens is 423 g/mol. The van der Waals surface area contributed by atoms with Gasteiger partial charge in [0.05, 0.1) is 4.92 Å². The standard InChI is InChI=1S/C16H19IN4O3/c1-10-9-13(17)6-7-14(10)18-15(22)5-4-8-20-12(3)16(21(23)24)11(2)19-20/h6-7,9H,4-5,8H2,1-3H3,(H,18,22). The molecule has 0 unspecified atom stereocenters. The Labute approximate surface area is 153 Å². The minimum Gasteiger partial charge on any atom is -0.326 e. The normalized spacial score (nSPS) is 10.7. The lowest BCUT2D eigenvalue weighted by molar-refractivity contribution is -0.386. The SMILES string of the molecule is Cc1cc(I)ccc1NC(=O)CCCn1nc(C)c([N+](=O)[O-])c1C. The first-order valence-electron chi connectivity index (χ1n) is 7.54. The zero-order chi connectivity index (χ0) is 17.9. The summed E-state index contributed by atoms with van der Waals surface area (Å²) in [5.74, 6) is -0.0738. The summed E-state index contributed by atoms with van der Waals surface area (Å²) in [4.78, 5) is 22.6. The second kappa shape index (κ2) is 7.73. The topological polar surface area (TPSA) is 90.1 Å². The van der Waals surface area contributed by atoms with E-state index in [1.807, 2.05) is 25.1 Å². The van der Waals surface area contributed by atoms with Crippen LogP contribution in [0.3, 0.4) is 0 Å². The van der Waals surface area contributed by atoms with E-state index in [4.69, 9.17) is 0 Å². The third-order valence-electron chi connectivity index (χ3n) is 3.76. The number of carbonyl (C=O) groups is 1. The van der Waals surface area contributed by atoms with Gasteiger partial charge < -0.3 is 5.32 Å². The van der Waals surface area contributed by atoms with Crippen molar-refractivity contribution in [1.82, 2.24) is 9.78 Å². The van der Waals surface area contributed by atoms with Crippen LogP contribution in [0.1, 0.15) is 29.8 Å². The molecule has 0 saturated heterocycles. The quantitative estimate of drug-likeness (QED) is 0.419. The molecule has 7 nitrogen and oxygen atoms in total. The molecule has 0 radical (unpaired) electrons. The van der Waals surface area contributed by atoms with Gasteiger partial charge in [-0.05, 0) is 73.5 Å². The molecule has 8 heteroatoms. The van der Waals surface area contributed by atoms with E-state index in [0.29, 0.717) is 30.8 Å². The second-order valence-corrected chi connectivity index (χ2v) is 6.86. The Morgan fingerprint density at radius 3 is 2.67 bits per heavy atom. The highest BCUT2D eigenvalue weighted by molar-refractivity contribution is 14.1. The number of benzene rings is 1. The average molecular weight is 442 g/mol. The number of halogens is 1. The van der Waals surface area contributed by atoms with E-state index in [2.05, 4.69) is 33.0 Å². The molecule has 0 saturated carbocycles. The van der Waals surface area contributed by atoms with Crippen LogP contribution in [0, 0.1) is 34.5 Å². The first-order valence-corrected chi connectivity index (χ1v) is 8.62. The third-order valence-corrected chi connectivity index (χ3v) is 4.43. The smallest absolute Gasteiger partial charge is 0.312 e. The number of hydrogen-bond acceptors (Lipinski definition) is 4. The first kappa shape index (κ1) is 18.4. The first-order chi connectivity index (χ1) is 11.3. The van der Waals surface area contributed by atoms with Crippen LogP contribution in [0.15, 0.2) is 18.2 Å². The molecule has 0 bridgehead atoms. The van der Waals surface area contributed by atoms with Crippen molar-refractivity contribution in [3.05, 3.63) is 48.8 Å². The van der Waals surface area contributed by atoms with E-state index >= 15 is 0 Å². The molecule has 0 aliphatic rings. The summed E-state index contributed by atoms with van der Waals surface area (Å²) in [6, 6.07) is 5.84. The fourth-order valence-electron chi connectivity index (χ4n) is 2.54. The van der Waals surface area contributed by atoms with Crippen molar-refractivity contribution in [2.45, 2.75) is 40.2 Å². The van der Waals surface area contributed by atoms with Gasteiger partial charge >= 0.3 is 5.69 Å². The van der Waals surface area contributed by atoms with Crippen molar-refractivity contribution in [3.63, 3.8) is 0 Å². The van der Waals surface area contributed by atoms with Gasteiger partial charge in [0.15, 0.2) is 0 Å². The molecule has 1 aromatic heterocycles. The molecule has 2 aromatic rings. The Kier molecular flexibility index (Phi) is 5.92. The van der Waals surface area contributed by atoms with Crippen molar-refractivity contribution < 1.29 is 9.72 Å². The zero-order valence-electron chi connectivity index (χ0n) is 13.8. The van der Waals surface area contributed by atoms with Crippen LogP contribution >= 0.6 is 22.6 Å². The Morgan fingerprint density at radius 2 is 2.08 bits per heavy atom. The summed E-state index contributed by atoms with van der Waals surface area (Å²) < 4.78 is 2.71. The van der Waals surface area contributed by atoms with Crippen LogP contribution < -0.4 is 5.32 Å². The number of rotatable bonds is 6. The van der Waals surface area contributed by atoms with E-state index < -0.39 is 4.92 Å². The number of nitro groups is 1. The molecule has 0 atom stereocenters. The van der Waals surface area contributed by atoms with E-state index in [0.717, 1.165) is 14.8 Å². The van der Waals surface area contributed by atoms with Gasteiger partial charge in [-0.15, -0.1) is 0 Å². The van der Waals surface area contributed by atoms with Gasteiger partial charge in [-0.3, -0.25) is 19.6 Å². The molecule has 0 aliphatic heterocycles. The van der Waals surface area contributed by atoms with E-state index in [1.54, 1.807) is 18.5 Å². The minimum absolute atomic E-state index is 0.0500.